The van der Waals surface area contributed by atoms with Crippen LogP contribution in [-0.2, 0) is 11.3 Å². The van der Waals surface area contributed by atoms with Crippen LogP contribution in [0.1, 0.15) is 19.4 Å². The molecule has 3 heteroatoms. The number of rotatable bonds is 6. The molecule has 0 aromatic heterocycles. The fourth-order valence-electron chi connectivity index (χ4n) is 1.47. The second kappa shape index (κ2) is 8.25. The van der Waals surface area contributed by atoms with Crippen LogP contribution in [-0.4, -0.2) is 12.5 Å². The molecule has 96 valence electrons. The van der Waals surface area contributed by atoms with Crippen LogP contribution in [0.5, 0.6) is 0 Å². The van der Waals surface area contributed by atoms with Crippen LogP contribution in [0.25, 0.3) is 0 Å². The van der Waals surface area contributed by atoms with E-state index in [9.17, 15) is 4.79 Å². The first-order valence-electron chi connectivity index (χ1n) is 6.16. The SMILES string of the molecule is C/C=C/C=C/C(=O)Nc1cccc(CNCC)c1. The second-order valence-corrected chi connectivity index (χ2v) is 3.85. The molecule has 1 amide bonds. The molecule has 1 aromatic rings. The molecule has 0 spiro atoms. The molecule has 0 bridgehead atoms. The third kappa shape index (κ3) is 5.46. The predicted molar refractivity (Wildman–Crippen MR) is 76.4 cm³/mol. The van der Waals surface area contributed by atoms with Crippen molar-refractivity contribution in [2.45, 2.75) is 20.4 Å². The summed E-state index contributed by atoms with van der Waals surface area (Å²) in [6.45, 7) is 5.72. The quantitative estimate of drug-likeness (QED) is 0.597. The van der Waals surface area contributed by atoms with Gasteiger partial charge < -0.3 is 10.6 Å². The highest BCUT2D eigenvalue weighted by molar-refractivity contribution is 5.99. The highest BCUT2D eigenvalue weighted by Crippen LogP contribution is 2.10. The van der Waals surface area contributed by atoms with Gasteiger partial charge in [0.2, 0.25) is 5.91 Å². The van der Waals surface area contributed by atoms with Crippen LogP contribution < -0.4 is 10.6 Å². The van der Waals surface area contributed by atoms with E-state index in [1.165, 1.54) is 6.08 Å². The van der Waals surface area contributed by atoms with E-state index in [2.05, 4.69) is 17.6 Å². The van der Waals surface area contributed by atoms with Crippen LogP contribution in [0.4, 0.5) is 5.69 Å². The van der Waals surface area contributed by atoms with E-state index >= 15 is 0 Å². The largest absolute Gasteiger partial charge is 0.323 e. The van der Waals surface area contributed by atoms with E-state index in [4.69, 9.17) is 0 Å². The van der Waals surface area contributed by atoms with Gasteiger partial charge in [-0.3, -0.25) is 4.79 Å². The zero-order valence-electron chi connectivity index (χ0n) is 10.9. The molecule has 0 atom stereocenters. The number of amides is 1. The highest BCUT2D eigenvalue weighted by Gasteiger charge is 1.98. The van der Waals surface area contributed by atoms with Gasteiger partial charge >= 0.3 is 0 Å². The summed E-state index contributed by atoms with van der Waals surface area (Å²) < 4.78 is 0. The zero-order chi connectivity index (χ0) is 13.2. The molecule has 0 saturated carbocycles. The van der Waals surface area contributed by atoms with Crippen LogP contribution in [0, 0.1) is 0 Å². The maximum Gasteiger partial charge on any atom is 0.248 e. The van der Waals surface area contributed by atoms with Gasteiger partial charge in [-0.1, -0.05) is 37.3 Å². The third-order valence-electron chi connectivity index (χ3n) is 2.32. The van der Waals surface area contributed by atoms with Gasteiger partial charge in [0.25, 0.3) is 0 Å². The predicted octanol–water partition coefficient (Wildman–Crippen LogP) is 2.87. The summed E-state index contributed by atoms with van der Waals surface area (Å²) in [7, 11) is 0. The van der Waals surface area contributed by atoms with Crippen molar-refractivity contribution in [1.82, 2.24) is 5.32 Å². The maximum atomic E-state index is 11.6. The molecule has 1 rings (SSSR count). The summed E-state index contributed by atoms with van der Waals surface area (Å²) in [4.78, 5) is 11.6. The van der Waals surface area contributed by atoms with Gasteiger partial charge in [-0.25, -0.2) is 0 Å². The molecule has 0 aliphatic rings. The van der Waals surface area contributed by atoms with Crippen molar-refractivity contribution in [3.05, 3.63) is 54.1 Å². The molecule has 0 aliphatic heterocycles. The average Bonchev–Trinajstić information content (AvgIpc) is 2.37. The summed E-state index contributed by atoms with van der Waals surface area (Å²) in [6.07, 6.45) is 6.93. The smallest absolute Gasteiger partial charge is 0.248 e. The Hall–Kier alpha value is -1.87. The molecule has 0 heterocycles. The van der Waals surface area contributed by atoms with Crippen molar-refractivity contribution >= 4 is 11.6 Å². The van der Waals surface area contributed by atoms with Gasteiger partial charge in [0, 0.05) is 18.3 Å². The number of anilines is 1. The molecule has 1 aromatic carbocycles. The fourth-order valence-corrected chi connectivity index (χ4v) is 1.47. The molecule has 0 saturated heterocycles. The Bertz CT molecular complexity index is 436. The molecule has 2 N–H and O–H groups in total. The Balaban J connectivity index is 2.58. The normalized spacial score (nSPS) is 11.2. The van der Waals surface area contributed by atoms with E-state index in [0.29, 0.717) is 0 Å². The van der Waals surface area contributed by atoms with Crippen molar-refractivity contribution < 1.29 is 4.79 Å². The van der Waals surface area contributed by atoms with Crippen LogP contribution in [0.2, 0.25) is 0 Å². The van der Waals surface area contributed by atoms with Crippen LogP contribution >= 0.6 is 0 Å². The molecule has 3 nitrogen and oxygen atoms in total. The van der Waals surface area contributed by atoms with Crippen LogP contribution in [0.3, 0.4) is 0 Å². The topological polar surface area (TPSA) is 41.1 Å². The molecule has 0 radical (unpaired) electrons. The van der Waals surface area contributed by atoms with E-state index in [1.807, 2.05) is 43.3 Å². The first-order chi connectivity index (χ1) is 8.76. The monoisotopic (exact) mass is 244 g/mol. The first-order valence-corrected chi connectivity index (χ1v) is 6.16. The number of carbonyl (C=O) groups is 1. The number of benzene rings is 1. The Kier molecular flexibility index (Phi) is 6.51. The average molecular weight is 244 g/mol. The van der Waals surface area contributed by atoms with Crippen molar-refractivity contribution in [2.75, 3.05) is 11.9 Å². The lowest BCUT2D eigenvalue weighted by Crippen LogP contribution is -2.12. The lowest BCUT2D eigenvalue weighted by atomic mass is 10.2. The van der Waals surface area contributed by atoms with E-state index in [0.717, 1.165) is 24.3 Å². The molecular weight excluding hydrogens is 224 g/mol. The van der Waals surface area contributed by atoms with Gasteiger partial charge in [0.1, 0.15) is 0 Å². The fraction of sp³-hybridized carbons (Fsp3) is 0.267. The third-order valence-corrected chi connectivity index (χ3v) is 2.32. The molecular formula is C15H20N2O. The number of hydrogen-bond donors (Lipinski definition) is 2. The summed E-state index contributed by atoms with van der Waals surface area (Å²) in [6, 6.07) is 7.84. The molecule has 0 aliphatic carbocycles. The zero-order valence-corrected chi connectivity index (χ0v) is 10.9. The maximum absolute atomic E-state index is 11.6. The van der Waals surface area contributed by atoms with E-state index < -0.39 is 0 Å². The van der Waals surface area contributed by atoms with Gasteiger partial charge in [0.05, 0.1) is 0 Å². The summed E-state index contributed by atoms with van der Waals surface area (Å²) in [5, 5.41) is 6.08. The number of nitrogens with one attached hydrogen (secondary N) is 2. The lowest BCUT2D eigenvalue weighted by Gasteiger charge is -2.06. The molecule has 0 fully saturated rings. The van der Waals surface area contributed by atoms with Crippen molar-refractivity contribution in [3.63, 3.8) is 0 Å². The Morgan fingerprint density at radius 3 is 2.89 bits per heavy atom. The minimum absolute atomic E-state index is 0.117. The second-order valence-electron chi connectivity index (χ2n) is 3.85. The van der Waals surface area contributed by atoms with E-state index in [-0.39, 0.29) is 5.91 Å². The van der Waals surface area contributed by atoms with Crippen molar-refractivity contribution in [3.8, 4) is 0 Å². The Morgan fingerprint density at radius 1 is 1.33 bits per heavy atom. The van der Waals surface area contributed by atoms with E-state index in [1.54, 1.807) is 6.08 Å². The Morgan fingerprint density at radius 2 is 2.17 bits per heavy atom. The first kappa shape index (κ1) is 14.2. The minimum Gasteiger partial charge on any atom is -0.323 e. The van der Waals surface area contributed by atoms with Gasteiger partial charge in [0.15, 0.2) is 0 Å². The molecule has 0 unspecified atom stereocenters. The standard InChI is InChI=1S/C15H20N2O/c1-3-5-6-10-15(18)17-14-9-7-8-13(11-14)12-16-4-2/h3,5-11,16H,4,12H2,1-2H3,(H,17,18)/b5-3+,10-6+. The number of carbonyl (C=O) groups excluding carboxylic acids is 1. The Labute approximate surface area is 109 Å². The lowest BCUT2D eigenvalue weighted by molar-refractivity contribution is -0.111. The van der Waals surface area contributed by atoms with Gasteiger partial charge in [-0.05, 0) is 31.2 Å². The van der Waals surface area contributed by atoms with Gasteiger partial charge in [-0.15, -0.1) is 0 Å². The van der Waals surface area contributed by atoms with Crippen molar-refractivity contribution in [2.24, 2.45) is 0 Å². The summed E-state index contributed by atoms with van der Waals surface area (Å²) in [5.74, 6) is -0.117. The highest BCUT2D eigenvalue weighted by atomic mass is 16.1. The van der Waals surface area contributed by atoms with Crippen LogP contribution in [0.15, 0.2) is 48.6 Å². The summed E-state index contributed by atoms with van der Waals surface area (Å²) in [5.41, 5.74) is 1.98. The number of allylic oxidation sites excluding steroid dienone is 3. The number of hydrogen-bond acceptors (Lipinski definition) is 2. The molecule has 18 heavy (non-hydrogen) atoms. The van der Waals surface area contributed by atoms with Gasteiger partial charge in [-0.2, -0.15) is 0 Å². The summed E-state index contributed by atoms with van der Waals surface area (Å²) >= 11 is 0. The minimum atomic E-state index is -0.117. The van der Waals surface area contributed by atoms with Crippen molar-refractivity contribution in [1.29, 1.82) is 0 Å².